The predicted octanol–water partition coefficient (Wildman–Crippen LogP) is 2.37. The number of nitrogens with one attached hydrogen (secondary N) is 1. The molecule has 150 valence electrons. The van der Waals surface area contributed by atoms with Gasteiger partial charge >= 0.3 is 5.97 Å². The van der Waals surface area contributed by atoms with Gasteiger partial charge in [-0.15, -0.1) is 10.2 Å². The molecule has 4 rings (SSSR count). The summed E-state index contributed by atoms with van der Waals surface area (Å²) in [7, 11) is 1.23. The number of esters is 1. The molecule has 3 aromatic rings. The number of carbonyl (C=O) groups excluding carboxylic acids is 4. The highest BCUT2D eigenvalue weighted by Crippen LogP contribution is 2.26. The Morgan fingerprint density at radius 2 is 1.57 bits per heavy atom. The van der Waals surface area contributed by atoms with Gasteiger partial charge in [-0.05, 0) is 24.3 Å². The molecule has 0 atom stereocenters. The van der Waals surface area contributed by atoms with Crippen molar-refractivity contribution < 1.29 is 23.9 Å². The van der Waals surface area contributed by atoms with E-state index in [1.165, 1.54) is 19.2 Å². The molecule has 1 aliphatic rings. The molecule has 2 aromatic carbocycles. The summed E-state index contributed by atoms with van der Waals surface area (Å²) >= 11 is 1.03. The van der Waals surface area contributed by atoms with Crippen LogP contribution in [-0.4, -0.2) is 45.9 Å². The van der Waals surface area contributed by atoms with E-state index < -0.39 is 23.7 Å². The van der Waals surface area contributed by atoms with Crippen LogP contribution in [0.15, 0.2) is 48.5 Å². The summed E-state index contributed by atoms with van der Waals surface area (Å²) in [5.74, 6) is -1.99. The second-order valence-corrected chi connectivity index (χ2v) is 7.30. The number of carbonyl (C=O) groups is 4. The minimum absolute atomic E-state index is 0.0569. The van der Waals surface area contributed by atoms with Gasteiger partial charge in [0.15, 0.2) is 0 Å². The van der Waals surface area contributed by atoms with Gasteiger partial charge in [0.1, 0.15) is 5.01 Å². The van der Waals surface area contributed by atoms with E-state index in [9.17, 15) is 19.2 Å². The Morgan fingerprint density at radius 3 is 2.20 bits per heavy atom. The van der Waals surface area contributed by atoms with Gasteiger partial charge in [0.25, 0.3) is 17.7 Å². The van der Waals surface area contributed by atoms with Crippen molar-refractivity contribution in [2.75, 3.05) is 12.4 Å². The fourth-order valence-corrected chi connectivity index (χ4v) is 3.74. The van der Waals surface area contributed by atoms with Crippen LogP contribution in [0.4, 0.5) is 5.13 Å². The number of imide groups is 1. The summed E-state index contributed by atoms with van der Waals surface area (Å²) in [6.45, 7) is -0.0569. The summed E-state index contributed by atoms with van der Waals surface area (Å²) in [6.07, 6.45) is 0. The number of aromatic nitrogens is 2. The lowest BCUT2D eigenvalue weighted by molar-refractivity contribution is 0.0595. The van der Waals surface area contributed by atoms with E-state index in [0.717, 1.165) is 16.2 Å². The van der Waals surface area contributed by atoms with Crippen molar-refractivity contribution in [2.24, 2.45) is 0 Å². The molecular formula is C20H14N4O5S. The lowest BCUT2D eigenvalue weighted by Gasteiger charge is -2.10. The van der Waals surface area contributed by atoms with Crippen molar-refractivity contribution in [3.05, 3.63) is 75.8 Å². The molecule has 0 aliphatic carbocycles. The molecule has 2 heterocycles. The second kappa shape index (κ2) is 7.84. The van der Waals surface area contributed by atoms with Gasteiger partial charge in [0.2, 0.25) is 5.13 Å². The van der Waals surface area contributed by atoms with Crippen LogP contribution < -0.4 is 5.32 Å². The van der Waals surface area contributed by atoms with Gasteiger partial charge in [-0.3, -0.25) is 24.6 Å². The van der Waals surface area contributed by atoms with Gasteiger partial charge < -0.3 is 4.74 Å². The maximum absolute atomic E-state index is 12.6. The Hall–Kier alpha value is -3.92. The molecular weight excluding hydrogens is 408 g/mol. The van der Waals surface area contributed by atoms with Crippen LogP contribution in [0.1, 0.15) is 46.4 Å². The van der Waals surface area contributed by atoms with Crippen LogP contribution in [0.3, 0.4) is 0 Å². The number of benzene rings is 2. The molecule has 0 radical (unpaired) electrons. The predicted molar refractivity (Wildman–Crippen MR) is 106 cm³/mol. The van der Waals surface area contributed by atoms with Crippen LogP contribution in [0.2, 0.25) is 0 Å². The molecule has 0 bridgehead atoms. The Balaban J connectivity index is 1.48. The summed E-state index contributed by atoms with van der Waals surface area (Å²) in [4.78, 5) is 50.4. The summed E-state index contributed by atoms with van der Waals surface area (Å²) in [5, 5.41) is 11.0. The van der Waals surface area contributed by atoms with Crippen LogP contribution in [0.5, 0.6) is 0 Å². The Labute approximate surface area is 174 Å². The average molecular weight is 422 g/mol. The number of nitrogens with zero attached hydrogens (tertiary/aromatic N) is 3. The first-order valence-electron chi connectivity index (χ1n) is 8.76. The number of rotatable bonds is 5. The molecule has 0 saturated heterocycles. The number of anilines is 1. The van der Waals surface area contributed by atoms with Crippen molar-refractivity contribution in [3.63, 3.8) is 0 Å². The lowest BCUT2D eigenvalue weighted by Crippen LogP contribution is -2.29. The van der Waals surface area contributed by atoms with Gasteiger partial charge in [-0.25, -0.2) is 4.79 Å². The molecule has 0 spiro atoms. The Kier molecular flexibility index (Phi) is 5.07. The first kappa shape index (κ1) is 19.4. The van der Waals surface area contributed by atoms with E-state index in [1.807, 2.05) is 0 Å². The van der Waals surface area contributed by atoms with Crippen LogP contribution >= 0.6 is 11.3 Å². The minimum atomic E-state index is -0.635. The largest absolute Gasteiger partial charge is 0.465 e. The van der Waals surface area contributed by atoms with Crippen molar-refractivity contribution in [1.82, 2.24) is 15.1 Å². The fourth-order valence-electron chi connectivity index (χ4n) is 3.02. The topological polar surface area (TPSA) is 119 Å². The summed E-state index contributed by atoms with van der Waals surface area (Å²) in [6, 6.07) is 12.8. The molecule has 30 heavy (non-hydrogen) atoms. The zero-order valence-corrected chi connectivity index (χ0v) is 16.4. The molecule has 9 nitrogen and oxygen atoms in total. The van der Waals surface area contributed by atoms with Gasteiger partial charge in [0.05, 0.1) is 35.9 Å². The number of methoxy groups -OCH3 is 1. The Morgan fingerprint density at radius 1 is 0.967 bits per heavy atom. The van der Waals surface area contributed by atoms with Gasteiger partial charge in [-0.2, -0.15) is 0 Å². The van der Waals surface area contributed by atoms with Crippen LogP contribution in [-0.2, 0) is 11.3 Å². The van der Waals surface area contributed by atoms with Crippen LogP contribution in [0, 0.1) is 0 Å². The van der Waals surface area contributed by atoms with E-state index in [0.29, 0.717) is 16.1 Å². The van der Waals surface area contributed by atoms with Gasteiger partial charge in [-0.1, -0.05) is 35.6 Å². The third kappa shape index (κ3) is 3.44. The summed E-state index contributed by atoms with van der Waals surface area (Å²) in [5.41, 5.74) is 0.939. The quantitative estimate of drug-likeness (QED) is 0.495. The molecule has 0 fully saturated rings. The highest BCUT2D eigenvalue weighted by Gasteiger charge is 2.35. The monoisotopic (exact) mass is 422 g/mol. The number of hydrogen-bond donors (Lipinski definition) is 1. The van der Waals surface area contributed by atoms with Crippen LogP contribution in [0.25, 0.3) is 0 Å². The lowest BCUT2D eigenvalue weighted by atomic mass is 10.1. The molecule has 1 N–H and O–H groups in total. The van der Waals surface area contributed by atoms with Crippen molar-refractivity contribution in [3.8, 4) is 0 Å². The normalized spacial score (nSPS) is 12.6. The molecule has 1 aliphatic heterocycles. The standard InChI is InChI=1S/C20H14N4O5S/c1-29-19(28)14-9-5-2-6-11(14)16(25)21-20-23-22-15(30-20)10-24-17(26)12-7-3-4-8-13(12)18(24)27/h2-9H,10H2,1H3,(H,21,23,25). The van der Waals surface area contributed by atoms with E-state index in [1.54, 1.807) is 36.4 Å². The first-order valence-corrected chi connectivity index (χ1v) is 9.57. The first-order chi connectivity index (χ1) is 14.5. The molecule has 1 aromatic heterocycles. The highest BCUT2D eigenvalue weighted by atomic mass is 32.1. The zero-order valence-electron chi connectivity index (χ0n) is 15.6. The third-order valence-electron chi connectivity index (χ3n) is 4.44. The van der Waals surface area contributed by atoms with E-state index >= 15 is 0 Å². The zero-order chi connectivity index (χ0) is 21.3. The maximum Gasteiger partial charge on any atom is 0.338 e. The number of fused-ring (bicyclic) bond motifs is 1. The molecule has 0 saturated carbocycles. The van der Waals surface area contributed by atoms with Crippen molar-refractivity contribution in [2.45, 2.75) is 6.54 Å². The average Bonchev–Trinajstić information content (AvgIpc) is 3.31. The Bertz CT molecular complexity index is 1150. The molecule has 0 unspecified atom stereocenters. The van der Waals surface area contributed by atoms with Gasteiger partial charge in [0, 0.05) is 0 Å². The van der Waals surface area contributed by atoms with E-state index in [4.69, 9.17) is 0 Å². The summed E-state index contributed by atoms with van der Waals surface area (Å²) < 4.78 is 4.69. The fraction of sp³-hybridized carbons (Fsp3) is 0.100. The van der Waals surface area contributed by atoms with Crippen molar-refractivity contribution in [1.29, 1.82) is 0 Å². The SMILES string of the molecule is COC(=O)c1ccccc1C(=O)Nc1nnc(CN2C(=O)c3ccccc3C2=O)s1. The maximum atomic E-state index is 12.6. The molecule has 10 heteroatoms. The second-order valence-electron chi connectivity index (χ2n) is 6.23. The number of amides is 3. The number of ether oxygens (including phenoxy) is 1. The minimum Gasteiger partial charge on any atom is -0.465 e. The van der Waals surface area contributed by atoms with E-state index in [-0.39, 0.29) is 22.8 Å². The smallest absolute Gasteiger partial charge is 0.338 e. The van der Waals surface area contributed by atoms with Crippen molar-refractivity contribution >= 4 is 40.2 Å². The van der Waals surface area contributed by atoms with E-state index in [2.05, 4.69) is 20.3 Å². The molecule has 3 amide bonds. The third-order valence-corrected chi connectivity index (χ3v) is 5.26. The highest BCUT2D eigenvalue weighted by molar-refractivity contribution is 7.15. The number of hydrogen-bond acceptors (Lipinski definition) is 8.